The van der Waals surface area contributed by atoms with Gasteiger partial charge in [0.15, 0.2) is 0 Å². The molecule has 0 N–H and O–H groups in total. The first kappa shape index (κ1) is 39.7. The third-order valence-corrected chi connectivity index (χ3v) is 13.3. The molecule has 0 atom stereocenters. The van der Waals surface area contributed by atoms with Crippen LogP contribution in [0.2, 0.25) is 0 Å². The molecule has 0 aliphatic rings. The first-order chi connectivity index (χ1) is 31.5. The van der Waals surface area contributed by atoms with Gasteiger partial charge in [0.2, 0.25) is 0 Å². The van der Waals surface area contributed by atoms with Crippen molar-refractivity contribution in [2.24, 2.45) is 0 Å². The standard InChI is InChI=1S/C62H40Br2/c63-53-33-31-47-37-51(29-27-49(47)39-53)59(43-11-3-1-4-12-43)35-41-19-23-45(24-20-41)61-55-15-7-9-17-57(55)62(58-18-10-8-16-56(58)61)46-25-21-42(22-26-46)36-60(44-13-5-2-6-14-44)52-30-28-50-40-54(64)34-32-48(50)38-52/h1-40H/b59-35+,60-36+. The molecular weight excluding hydrogens is 904 g/mol. The average Bonchev–Trinajstić information content (AvgIpc) is 3.35. The first-order valence-electron chi connectivity index (χ1n) is 21.6. The van der Waals surface area contributed by atoms with E-state index < -0.39 is 0 Å². The van der Waals surface area contributed by atoms with Crippen LogP contribution in [0.4, 0.5) is 0 Å². The Morgan fingerprint density at radius 3 is 0.984 bits per heavy atom. The number of hydrogen-bond donors (Lipinski definition) is 0. The summed E-state index contributed by atoms with van der Waals surface area (Å²) >= 11 is 7.27. The van der Waals surface area contributed by atoms with Crippen molar-refractivity contribution in [3.63, 3.8) is 0 Å². The highest BCUT2D eigenvalue weighted by molar-refractivity contribution is 9.10. The molecule has 0 bridgehead atoms. The van der Waals surface area contributed by atoms with E-state index in [9.17, 15) is 0 Å². The average molecular weight is 945 g/mol. The van der Waals surface area contributed by atoms with Crippen LogP contribution >= 0.6 is 31.9 Å². The highest BCUT2D eigenvalue weighted by Gasteiger charge is 2.17. The SMILES string of the molecule is Brc1ccc2cc(/C(=C/c3ccc(-c4c5ccccc5c(-c5ccc(/C=C(\c6ccccc6)c6ccc7cc(Br)ccc7c6)cc5)c5ccccc45)cc3)c3ccccc3)ccc2c1. The molecule has 0 nitrogen and oxygen atoms in total. The second-order valence-corrected chi connectivity index (χ2v) is 18.2. The van der Waals surface area contributed by atoms with Gasteiger partial charge >= 0.3 is 0 Å². The van der Waals surface area contributed by atoms with E-state index in [1.807, 2.05) is 0 Å². The van der Waals surface area contributed by atoms with E-state index in [0.717, 1.165) is 20.1 Å². The molecule has 0 aliphatic heterocycles. The van der Waals surface area contributed by atoms with Crippen LogP contribution in [0, 0.1) is 0 Å². The lowest BCUT2D eigenvalue weighted by Crippen LogP contribution is -1.92. The van der Waals surface area contributed by atoms with Gasteiger partial charge < -0.3 is 0 Å². The van der Waals surface area contributed by atoms with E-state index in [1.165, 1.54) is 98.7 Å². The number of benzene rings is 11. The van der Waals surface area contributed by atoms with E-state index in [4.69, 9.17) is 0 Å². The smallest absolute Gasteiger partial charge is 0.0181 e. The molecule has 0 saturated carbocycles. The van der Waals surface area contributed by atoms with Crippen LogP contribution < -0.4 is 0 Å². The molecule has 0 fully saturated rings. The Kier molecular flexibility index (Phi) is 10.7. The molecule has 302 valence electrons. The fraction of sp³-hybridized carbons (Fsp3) is 0. The van der Waals surface area contributed by atoms with Crippen molar-refractivity contribution in [2.45, 2.75) is 0 Å². The molecule has 0 heterocycles. The Bertz CT molecular complexity index is 3290. The van der Waals surface area contributed by atoms with E-state index in [1.54, 1.807) is 0 Å². The second kappa shape index (κ2) is 17.2. The van der Waals surface area contributed by atoms with Crippen molar-refractivity contribution in [1.29, 1.82) is 0 Å². The van der Waals surface area contributed by atoms with Gasteiger partial charge in [-0.1, -0.05) is 226 Å². The van der Waals surface area contributed by atoms with Gasteiger partial charge in [0.05, 0.1) is 0 Å². The van der Waals surface area contributed by atoms with E-state index in [2.05, 4.69) is 275 Å². The lowest BCUT2D eigenvalue weighted by atomic mass is 9.85. The lowest BCUT2D eigenvalue weighted by Gasteiger charge is -2.18. The number of rotatable bonds is 8. The van der Waals surface area contributed by atoms with Gasteiger partial charge in [-0.05, 0) is 158 Å². The fourth-order valence-electron chi connectivity index (χ4n) is 9.25. The summed E-state index contributed by atoms with van der Waals surface area (Å²) in [5, 5.41) is 9.84. The van der Waals surface area contributed by atoms with Gasteiger partial charge in [-0.25, -0.2) is 0 Å². The molecule has 0 aromatic heterocycles. The van der Waals surface area contributed by atoms with Crippen LogP contribution in [0.1, 0.15) is 33.4 Å². The minimum atomic E-state index is 1.09. The number of fused-ring (bicyclic) bond motifs is 4. The molecule has 0 radical (unpaired) electrons. The van der Waals surface area contributed by atoms with Crippen LogP contribution in [-0.4, -0.2) is 0 Å². The van der Waals surface area contributed by atoms with E-state index in [0.29, 0.717) is 0 Å². The number of hydrogen-bond acceptors (Lipinski definition) is 0. The number of halogens is 2. The predicted molar refractivity (Wildman–Crippen MR) is 282 cm³/mol. The molecule has 0 saturated heterocycles. The molecule has 2 heteroatoms. The van der Waals surface area contributed by atoms with Crippen LogP contribution in [0.15, 0.2) is 239 Å². The third kappa shape index (κ3) is 7.81. The normalized spacial score (nSPS) is 12.1. The largest absolute Gasteiger partial charge is 0.0622 e. The first-order valence-corrected chi connectivity index (χ1v) is 23.2. The Hall–Kier alpha value is -7.10. The summed E-state index contributed by atoms with van der Waals surface area (Å²) in [6.45, 7) is 0. The summed E-state index contributed by atoms with van der Waals surface area (Å²) < 4.78 is 2.17. The van der Waals surface area contributed by atoms with Gasteiger partial charge in [0.1, 0.15) is 0 Å². The highest BCUT2D eigenvalue weighted by atomic mass is 79.9. The molecule has 0 amide bonds. The molecule has 11 aromatic rings. The molecule has 0 aliphatic carbocycles. The van der Waals surface area contributed by atoms with Crippen molar-refractivity contribution in [3.05, 3.63) is 273 Å². The lowest BCUT2D eigenvalue weighted by molar-refractivity contribution is 1.56. The molecule has 0 unspecified atom stereocenters. The summed E-state index contributed by atoms with van der Waals surface area (Å²) in [4.78, 5) is 0. The zero-order valence-electron chi connectivity index (χ0n) is 34.8. The second-order valence-electron chi connectivity index (χ2n) is 16.3. The van der Waals surface area contributed by atoms with Crippen LogP contribution in [-0.2, 0) is 0 Å². The fourth-order valence-corrected chi connectivity index (χ4v) is 10.0. The minimum absolute atomic E-state index is 1.09. The minimum Gasteiger partial charge on any atom is -0.0622 e. The van der Waals surface area contributed by atoms with Gasteiger partial charge in [0.25, 0.3) is 0 Å². The molecular formula is C62H40Br2. The van der Waals surface area contributed by atoms with E-state index in [-0.39, 0.29) is 0 Å². The van der Waals surface area contributed by atoms with Crippen molar-refractivity contribution in [3.8, 4) is 22.3 Å². The van der Waals surface area contributed by atoms with E-state index >= 15 is 0 Å². The van der Waals surface area contributed by atoms with Crippen LogP contribution in [0.3, 0.4) is 0 Å². The quantitative estimate of drug-likeness (QED) is 0.105. The van der Waals surface area contributed by atoms with Crippen molar-refractivity contribution < 1.29 is 0 Å². The maximum Gasteiger partial charge on any atom is 0.0181 e. The summed E-state index contributed by atoms with van der Waals surface area (Å²) in [5.74, 6) is 0. The van der Waals surface area contributed by atoms with Gasteiger partial charge in [-0.3, -0.25) is 0 Å². The predicted octanol–water partition coefficient (Wildman–Crippen LogP) is 18.3. The third-order valence-electron chi connectivity index (χ3n) is 12.3. The Morgan fingerprint density at radius 2 is 0.609 bits per heavy atom. The zero-order chi connectivity index (χ0) is 43.0. The summed E-state index contributed by atoms with van der Waals surface area (Å²) in [6.07, 6.45) is 4.64. The van der Waals surface area contributed by atoms with Crippen molar-refractivity contribution in [1.82, 2.24) is 0 Å². The van der Waals surface area contributed by atoms with Gasteiger partial charge in [-0.2, -0.15) is 0 Å². The molecule has 64 heavy (non-hydrogen) atoms. The van der Waals surface area contributed by atoms with Gasteiger partial charge in [-0.15, -0.1) is 0 Å². The Labute approximate surface area is 390 Å². The zero-order valence-corrected chi connectivity index (χ0v) is 38.0. The summed E-state index contributed by atoms with van der Waals surface area (Å²) in [7, 11) is 0. The highest BCUT2D eigenvalue weighted by Crippen LogP contribution is 2.44. The maximum atomic E-state index is 3.64. The van der Waals surface area contributed by atoms with Crippen molar-refractivity contribution in [2.75, 3.05) is 0 Å². The Morgan fingerprint density at radius 1 is 0.281 bits per heavy atom. The molecule has 11 rings (SSSR count). The van der Waals surface area contributed by atoms with Crippen LogP contribution in [0.5, 0.6) is 0 Å². The Balaban J connectivity index is 0.983. The molecule has 0 spiro atoms. The summed E-state index contributed by atoms with van der Waals surface area (Å²) in [6, 6.07) is 83.9. The summed E-state index contributed by atoms with van der Waals surface area (Å²) in [5.41, 5.74) is 14.4. The van der Waals surface area contributed by atoms with Crippen LogP contribution in [0.25, 0.3) is 88.6 Å². The molecule has 11 aromatic carbocycles. The monoisotopic (exact) mass is 942 g/mol. The van der Waals surface area contributed by atoms with Gasteiger partial charge in [0, 0.05) is 8.95 Å². The van der Waals surface area contributed by atoms with Crippen molar-refractivity contribution >= 4 is 98.2 Å². The maximum absolute atomic E-state index is 3.64. The topological polar surface area (TPSA) is 0 Å².